The Bertz CT molecular complexity index is 584. The second-order valence-electron chi connectivity index (χ2n) is 4.08. The van der Waals surface area contributed by atoms with E-state index < -0.39 is 11.1 Å². The first-order chi connectivity index (χ1) is 9.74. The number of halogens is 1. The molecule has 0 bridgehead atoms. The third-order valence-electron chi connectivity index (χ3n) is 2.51. The van der Waals surface area contributed by atoms with E-state index in [4.69, 9.17) is 0 Å². The number of para-hydroxylation sites is 1. The van der Waals surface area contributed by atoms with Crippen molar-refractivity contribution in [1.82, 2.24) is 0 Å². The lowest BCUT2D eigenvalue weighted by Gasteiger charge is -2.02. The summed E-state index contributed by atoms with van der Waals surface area (Å²) in [5.41, 5.74) is 1.67. The van der Waals surface area contributed by atoms with Gasteiger partial charge in [0.1, 0.15) is 0 Å². The van der Waals surface area contributed by atoms with E-state index in [9.17, 15) is 9.18 Å². The summed E-state index contributed by atoms with van der Waals surface area (Å²) < 4.78 is 13.6. The number of anilines is 1. The van der Waals surface area contributed by atoms with Crippen molar-refractivity contribution in [2.75, 3.05) is 5.32 Å². The van der Waals surface area contributed by atoms with Crippen LogP contribution in [0.1, 0.15) is 5.56 Å². The van der Waals surface area contributed by atoms with Crippen LogP contribution in [0.25, 0.3) is 0 Å². The Morgan fingerprint density at radius 2 is 1.65 bits per heavy atom. The molecule has 0 aliphatic heterocycles. The van der Waals surface area contributed by atoms with E-state index in [0.717, 1.165) is 23.4 Å². The number of rotatable bonds is 5. The zero-order valence-corrected chi connectivity index (χ0v) is 11.6. The number of carbonyl (C=O) groups is 1. The van der Waals surface area contributed by atoms with Crippen LogP contribution in [-0.2, 0) is 10.5 Å². The molecular weight excluding hydrogens is 273 g/mol. The molecular formula is C16H14FNOS. The van der Waals surface area contributed by atoms with Gasteiger partial charge in [0.25, 0.3) is 5.91 Å². The highest BCUT2D eigenvalue weighted by Gasteiger charge is 2.03. The molecule has 0 atom stereocenters. The lowest BCUT2D eigenvalue weighted by molar-refractivity contribution is -0.112. The molecule has 4 heteroatoms. The molecule has 20 heavy (non-hydrogen) atoms. The van der Waals surface area contributed by atoms with Crippen LogP contribution in [0.2, 0.25) is 0 Å². The maximum atomic E-state index is 13.6. The van der Waals surface area contributed by atoms with Crippen LogP contribution in [0, 0.1) is 0 Å². The molecule has 0 saturated carbocycles. The Morgan fingerprint density at radius 3 is 2.30 bits per heavy atom. The maximum absolute atomic E-state index is 13.6. The first-order valence-electron chi connectivity index (χ1n) is 6.14. The molecule has 0 saturated heterocycles. The molecule has 102 valence electrons. The molecule has 0 heterocycles. The van der Waals surface area contributed by atoms with Crippen molar-refractivity contribution in [1.29, 1.82) is 0 Å². The smallest absolute Gasteiger partial charge is 0.251 e. The summed E-state index contributed by atoms with van der Waals surface area (Å²) in [5, 5.41) is 2.10. The summed E-state index contributed by atoms with van der Waals surface area (Å²) in [6.45, 7) is 0. The van der Waals surface area contributed by atoms with Crippen molar-refractivity contribution < 1.29 is 9.18 Å². The Kier molecular flexibility index (Phi) is 5.38. The average Bonchev–Trinajstić information content (AvgIpc) is 2.47. The monoisotopic (exact) mass is 287 g/mol. The fourth-order valence-electron chi connectivity index (χ4n) is 1.57. The van der Waals surface area contributed by atoms with Crippen LogP contribution in [0.5, 0.6) is 0 Å². The molecule has 0 aliphatic rings. The molecule has 2 rings (SSSR count). The highest BCUT2D eigenvalue weighted by Crippen LogP contribution is 2.22. The third kappa shape index (κ3) is 4.90. The normalized spacial score (nSPS) is 11.2. The second kappa shape index (κ2) is 7.50. The van der Waals surface area contributed by atoms with Crippen molar-refractivity contribution in [2.45, 2.75) is 5.75 Å². The first-order valence-corrected chi connectivity index (χ1v) is 7.12. The molecule has 2 aromatic carbocycles. The fourth-order valence-corrected chi connectivity index (χ4v) is 2.26. The van der Waals surface area contributed by atoms with Crippen molar-refractivity contribution >= 4 is 23.4 Å². The summed E-state index contributed by atoms with van der Waals surface area (Å²) in [6, 6.07) is 18.5. The molecule has 2 nitrogen and oxygen atoms in total. The number of amides is 1. The molecule has 0 fully saturated rings. The molecule has 0 unspecified atom stereocenters. The highest BCUT2D eigenvalue weighted by atomic mass is 32.2. The molecule has 0 radical (unpaired) electrons. The van der Waals surface area contributed by atoms with Gasteiger partial charge < -0.3 is 5.32 Å². The van der Waals surface area contributed by atoms with Crippen molar-refractivity contribution in [3.8, 4) is 0 Å². The summed E-state index contributed by atoms with van der Waals surface area (Å²) >= 11 is 1.00. The molecule has 0 aromatic heterocycles. The minimum Gasteiger partial charge on any atom is -0.322 e. The number of thioether (sulfide) groups is 1. The molecule has 0 aliphatic carbocycles. The number of carbonyl (C=O) groups excluding carboxylic acids is 1. The van der Waals surface area contributed by atoms with Gasteiger partial charge in [-0.15, -0.1) is 0 Å². The third-order valence-corrected chi connectivity index (χ3v) is 3.38. The number of nitrogens with one attached hydrogen (secondary N) is 1. The minimum absolute atomic E-state index is 0.464. The Hall–Kier alpha value is -2.07. The van der Waals surface area contributed by atoms with E-state index in [-0.39, 0.29) is 0 Å². The van der Waals surface area contributed by atoms with E-state index in [2.05, 4.69) is 5.32 Å². The van der Waals surface area contributed by atoms with Gasteiger partial charge in [0.05, 0.1) is 0 Å². The summed E-state index contributed by atoms with van der Waals surface area (Å²) in [4.78, 5) is 11.6. The minimum atomic E-state index is -0.498. The van der Waals surface area contributed by atoms with Crippen LogP contribution in [0.15, 0.2) is 71.9 Å². The maximum Gasteiger partial charge on any atom is 0.251 e. The van der Waals surface area contributed by atoms with Crippen LogP contribution in [0.4, 0.5) is 10.1 Å². The quantitative estimate of drug-likeness (QED) is 0.827. The fraction of sp³-hybridized carbons (Fsp3) is 0.0625. The Labute approximate surface area is 121 Å². The SMILES string of the molecule is O=C(/C=C(/F)SCc1ccccc1)Nc1ccccc1. The van der Waals surface area contributed by atoms with Crippen molar-refractivity contribution in [3.63, 3.8) is 0 Å². The van der Waals surface area contributed by atoms with Gasteiger partial charge in [0.2, 0.25) is 0 Å². The van der Waals surface area contributed by atoms with Gasteiger partial charge in [-0.2, -0.15) is 4.39 Å². The summed E-state index contributed by atoms with van der Waals surface area (Å²) in [5.74, 6) is 0.0381. The summed E-state index contributed by atoms with van der Waals surface area (Å²) in [7, 11) is 0. The van der Waals surface area contributed by atoms with Gasteiger partial charge in [-0.05, 0) is 17.7 Å². The molecule has 1 amide bonds. The highest BCUT2D eigenvalue weighted by molar-refractivity contribution is 8.02. The molecule has 2 aromatic rings. The van der Waals surface area contributed by atoms with Gasteiger partial charge in [0, 0.05) is 17.5 Å². The van der Waals surface area contributed by atoms with E-state index in [0.29, 0.717) is 11.4 Å². The lowest BCUT2D eigenvalue weighted by atomic mass is 10.2. The first kappa shape index (κ1) is 14.3. The van der Waals surface area contributed by atoms with Crippen molar-refractivity contribution in [2.24, 2.45) is 0 Å². The lowest BCUT2D eigenvalue weighted by Crippen LogP contribution is -2.07. The van der Waals surface area contributed by atoms with Gasteiger partial charge in [0.15, 0.2) is 5.16 Å². The number of benzene rings is 2. The van der Waals surface area contributed by atoms with Crippen LogP contribution < -0.4 is 5.32 Å². The van der Waals surface area contributed by atoms with Crippen LogP contribution in [-0.4, -0.2) is 5.91 Å². The summed E-state index contributed by atoms with van der Waals surface area (Å²) in [6.07, 6.45) is 0.973. The van der Waals surface area contributed by atoms with Gasteiger partial charge in [-0.3, -0.25) is 4.79 Å². The largest absolute Gasteiger partial charge is 0.322 e. The average molecular weight is 287 g/mol. The molecule has 1 N–H and O–H groups in total. The predicted molar refractivity (Wildman–Crippen MR) is 82.0 cm³/mol. The van der Waals surface area contributed by atoms with Crippen LogP contribution >= 0.6 is 11.8 Å². The van der Waals surface area contributed by atoms with Gasteiger partial charge in [-0.25, -0.2) is 0 Å². The van der Waals surface area contributed by atoms with Crippen LogP contribution in [0.3, 0.4) is 0 Å². The standard InChI is InChI=1S/C16H14FNOS/c17-15(20-12-13-7-3-1-4-8-13)11-16(19)18-14-9-5-2-6-10-14/h1-11H,12H2,(H,18,19)/b15-11-. The van der Waals surface area contributed by atoms with Gasteiger partial charge >= 0.3 is 0 Å². The topological polar surface area (TPSA) is 29.1 Å². The number of hydrogen-bond donors (Lipinski definition) is 1. The van der Waals surface area contributed by atoms with E-state index in [1.807, 2.05) is 36.4 Å². The van der Waals surface area contributed by atoms with E-state index in [1.165, 1.54) is 0 Å². The van der Waals surface area contributed by atoms with Crippen molar-refractivity contribution in [3.05, 3.63) is 77.5 Å². The predicted octanol–water partition coefficient (Wildman–Crippen LogP) is 4.37. The van der Waals surface area contributed by atoms with Gasteiger partial charge in [-0.1, -0.05) is 60.3 Å². The number of hydrogen-bond acceptors (Lipinski definition) is 2. The second-order valence-corrected chi connectivity index (χ2v) is 5.05. The zero-order valence-electron chi connectivity index (χ0n) is 10.8. The Morgan fingerprint density at radius 1 is 1.05 bits per heavy atom. The van der Waals surface area contributed by atoms with E-state index >= 15 is 0 Å². The van der Waals surface area contributed by atoms with E-state index in [1.54, 1.807) is 24.3 Å². The Balaban J connectivity index is 1.85. The zero-order chi connectivity index (χ0) is 14.2. The molecule has 0 spiro atoms.